The molecule has 0 saturated heterocycles. The average molecular weight is 206 g/mol. The monoisotopic (exact) mass is 206 g/mol. The molecule has 1 unspecified atom stereocenters. The number of rotatable bonds is 1. The summed E-state index contributed by atoms with van der Waals surface area (Å²) in [6.07, 6.45) is 0. The summed E-state index contributed by atoms with van der Waals surface area (Å²) in [5.41, 5.74) is 1.09. The first-order valence-corrected chi connectivity index (χ1v) is 5.39. The van der Waals surface area contributed by atoms with Gasteiger partial charge in [-0.05, 0) is 18.4 Å². The van der Waals surface area contributed by atoms with E-state index in [1.165, 1.54) is 0 Å². The Bertz CT molecular complexity index is 506. The van der Waals surface area contributed by atoms with E-state index in [-0.39, 0.29) is 0 Å². The Kier molecular flexibility index (Phi) is 2.35. The molecule has 1 atom stereocenters. The van der Waals surface area contributed by atoms with E-state index < -0.39 is 11.1 Å². The molecule has 2 rings (SSSR count). The van der Waals surface area contributed by atoms with Gasteiger partial charge in [-0.1, -0.05) is 35.9 Å². The van der Waals surface area contributed by atoms with Gasteiger partial charge < -0.3 is 4.55 Å². The molecule has 0 aromatic heterocycles. The molecule has 0 aliphatic carbocycles. The molecule has 3 heteroatoms. The Morgan fingerprint density at radius 3 is 2.71 bits per heavy atom. The highest BCUT2D eigenvalue weighted by Gasteiger charge is 2.05. The summed E-state index contributed by atoms with van der Waals surface area (Å²) in [4.78, 5) is 0.478. The van der Waals surface area contributed by atoms with Crippen molar-refractivity contribution < 1.29 is 8.76 Å². The van der Waals surface area contributed by atoms with Gasteiger partial charge >= 0.3 is 0 Å². The molecule has 0 spiro atoms. The lowest BCUT2D eigenvalue weighted by Gasteiger charge is -2.03. The van der Waals surface area contributed by atoms with Gasteiger partial charge in [0, 0.05) is 5.39 Å². The molecule has 2 aromatic carbocycles. The van der Waals surface area contributed by atoms with Crippen LogP contribution in [0.2, 0.25) is 0 Å². The SMILES string of the molecule is Cc1ccc2cccc(S(=O)O)c2c1. The van der Waals surface area contributed by atoms with Crippen molar-refractivity contribution >= 4 is 21.9 Å². The maximum absolute atomic E-state index is 11.0. The third-order valence-electron chi connectivity index (χ3n) is 2.19. The summed E-state index contributed by atoms with van der Waals surface area (Å²) >= 11 is -1.91. The highest BCUT2D eigenvalue weighted by atomic mass is 32.2. The fourth-order valence-corrected chi connectivity index (χ4v) is 2.07. The van der Waals surface area contributed by atoms with Gasteiger partial charge in [-0.2, -0.15) is 0 Å². The van der Waals surface area contributed by atoms with Crippen molar-refractivity contribution in [2.45, 2.75) is 11.8 Å². The van der Waals surface area contributed by atoms with E-state index in [4.69, 9.17) is 4.55 Å². The van der Waals surface area contributed by atoms with Gasteiger partial charge in [-0.25, -0.2) is 4.21 Å². The second-order valence-corrected chi connectivity index (χ2v) is 4.17. The van der Waals surface area contributed by atoms with E-state index in [1.807, 2.05) is 31.2 Å². The predicted molar refractivity (Wildman–Crippen MR) is 57.7 cm³/mol. The zero-order chi connectivity index (χ0) is 10.1. The van der Waals surface area contributed by atoms with E-state index in [9.17, 15) is 4.21 Å². The molecule has 2 nitrogen and oxygen atoms in total. The highest BCUT2D eigenvalue weighted by Crippen LogP contribution is 2.22. The minimum atomic E-state index is -1.91. The van der Waals surface area contributed by atoms with Gasteiger partial charge in [0.2, 0.25) is 0 Å². The fraction of sp³-hybridized carbons (Fsp3) is 0.0909. The number of benzene rings is 2. The molecule has 0 aliphatic heterocycles. The van der Waals surface area contributed by atoms with Crippen molar-refractivity contribution in [1.82, 2.24) is 0 Å². The molecule has 0 saturated carbocycles. The first-order chi connectivity index (χ1) is 6.68. The molecular formula is C11H10O2S. The Labute approximate surface area is 84.9 Å². The second-order valence-electron chi connectivity index (χ2n) is 3.23. The molecule has 72 valence electrons. The Morgan fingerprint density at radius 1 is 1.21 bits per heavy atom. The van der Waals surface area contributed by atoms with Gasteiger partial charge in [-0.3, -0.25) is 0 Å². The zero-order valence-corrected chi connectivity index (χ0v) is 8.54. The lowest BCUT2D eigenvalue weighted by molar-refractivity contribution is 0.565. The second kappa shape index (κ2) is 3.52. The Morgan fingerprint density at radius 2 is 2.00 bits per heavy atom. The Balaban J connectivity index is 2.84. The quantitative estimate of drug-likeness (QED) is 0.728. The van der Waals surface area contributed by atoms with Crippen LogP contribution in [0.25, 0.3) is 10.8 Å². The van der Waals surface area contributed by atoms with Crippen LogP contribution in [0.3, 0.4) is 0 Å². The van der Waals surface area contributed by atoms with Gasteiger partial charge in [0.05, 0.1) is 4.90 Å². The maximum Gasteiger partial charge on any atom is 0.187 e. The van der Waals surface area contributed by atoms with Crippen LogP contribution in [0.5, 0.6) is 0 Å². The molecule has 0 radical (unpaired) electrons. The van der Waals surface area contributed by atoms with Crippen molar-refractivity contribution in [1.29, 1.82) is 0 Å². The van der Waals surface area contributed by atoms with Gasteiger partial charge in [0.15, 0.2) is 11.1 Å². The van der Waals surface area contributed by atoms with E-state index in [0.29, 0.717) is 4.90 Å². The van der Waals surface area contributed by atoms with Crippen molar-refractivity contribution in [3.8, 4) is 0 Å². The van der Waals surface area contributed by atoms with Crippen LogP contribution < -0.4 is 0 Å². The van der Waals surface area contributed by atoms with Crippen molar-refractivity contribution in [3.05, 3.63) is 42.0 Å². The summed E-state index contributed by atoms with van der Waals surface area (Å²) in [6.45, 7) is 1.97. The standard InChI is InChI=1S/C11H10O2S/c1-8-5-6-9-3-2-4-11(14(12)13)10(9)7-8/h2-7H,1H3,(H,12,13). The highest BCUT2D eigenvalue weighted by molar-refractivity contribution is 7.79. The molecule has 2 aromatic rings. The van der Waals surface area contributed by atoms with E-state index >= 15 is 0 Å². The normalized spacial score (nSPS) is 13.0. The first kappa shape index (κ1) is 9.37. The molecule has 0 amide bonds. The average Bonchev–Trinajstić information content (AvgIpc) is 2.16. The number of fused-ring (bicyclic) bond motifs is 1. The van der Waals surface area contributed by atoms with E-state index in [0.717, 1.165) is 16.3 Å². The molecular weight excluding hydrogens is 196 g/mol. The maximum atomic E-state index is 11.0. The summed E-state index contributed by atoms with van der Waals surface area (Å²) in [5, 5.41) is 1.85. The molecule has 14 heavy (non-hydrogen) atoms. The smallest absolute Gasteiger partial charge is 0.187 e. The van der Waals surface area contributed by atoms with Crippen LogP contribution in [0, 0.1) is 6.92 Å². The molecule has 0 aliphatic rings. The largest absolute Gasteiger partial charge is 0.302 e. The van der Waals surface area contributed by atoms with Crippen molar-refractivity contribution in [3.63, 3.8) is 0 Å². The van der Waals surface area contributed by atoms with Gasteiger partial charge in [-0.15, -0.1) is 0 Å². The molecule has 1 N–H and O–H groups in total. The summed E-state index contributed by atoms with van der Waals surface area (Å²) < 4.78 is 20.1. The number of hydrogen-bond donors (Lipinski definition) is 1. The third kappa shape index (κ3) is 1.56. The molecule has 0 bridgehead atoms. The topological polar surface area (TPSA) is 37.3 Å². The van der Waals surface area contributed by atoms with E-state index in [1.54, 1.807) is 12.1 Å². The first-order valence-electron chi connectivity index (χ1n) is 4.29. The predicted octanol–water partition coefficient (Wildman–Crippen LogP) is 2.73. The number of aryl methyl sites for hydroxylation is 1. The third-order valence-corrected chi connectivity index (χ3v) is 2.92. The van der Waals surface area contributed by atoms with Crippen molar-refractivity contribution in [2.24, 2.45) is 0 Å². The van der Waals surface area contributed by atoms with Crippen molar-refractivity contribution in [2.75, 3.05) is 0 Å². The summed E-state index contributed by atoms with van der Waals surface area (Å²) in [5.74, 6) is 0. The summed E-state index contributed by atoms with van der Waals surface area (Å²) in [6, 6.07) is 11.3. The Hall–Kier alpha value is -1.19. The fourth-order valence-electron chi connectivity index (χ4n) is 1.51. The van der Waals surface area contributed by atoms with Crippen LogP contribution in [0.15, 0.2) is 41.3 Å². The number of hydrogen-bond acceptors (Lipinski definition) is 1. The minimum Gasteiger partial charge on any atom is -0.302 e. The molecule has 0 heterocycles. The van der Waals surface area contributed by atoms with Crippen LogP contribution in [-0.2, 0) is 11.1 Å². The lowest BCUT2D eigenvalue weighted by atomic mass is 10.1. The zero-order valence-electron chi connectivity index (χ0n) is 7.73. The van der Waals surface area contributed by atoms with Crippen LogP contribution in [0.4, 0.5) is 0 Å². The van der Waals surface area contributed by atoms with E-state index in [2.05, 4.69) is 0 Å². The van der Waals surface area contributed by atoms with Crippen LogP contribution in [0.1, 0.15) is 5.56 Å². The summed E-state index contributed by atoms with van der Waals surface area (Å²) in [7, 11) is 0. The molecule has 0 fully saturated rings. The lowest BCUT2D eigenvalue weighted by Crippen LogP contribution is -1.90. The van der Waals surface area contributed by atoms with Gasteiger partial charge in [0.25, 0.3) is 0 Å². The van der Waals surface area contributed by atoms with Crippen LogP contribution in [-0.4, -0.2) is 8.76 Å². The minimum absolute atomic E-state index is 0.478. The van der Waals surface area contributed by atoms with Gasteiger partial charge in [0.1, 0.15) is 0 Å². The van der Waals surface area contributed by atoms with Crippen LogP contribution >= 0.6 is 0 Å².